The first kappa shape index (κ1) is 14.7. The first-order valence-electron chi connectivity index (χ1n) is 5.72. The van der Waals surface area contributed by atoms with Crippen molar-refractivity contribution in [2.45, 2.75) is 4.90 Å². The number of thioether (sulfide) groups is 1. The molecule has 2 aromatic rings. The van der Waals surface area contributed by atoms with E-state index >= 15 is 0 Å². The van der Waals surface area contributed by atoms with Crippen LogP contribution in [-0.4, -0.2) is 16.5 Å². The number of hydrogen-bond donors (Lipinski definition) is 0. The third-order valence-corrected chi connectivity index (χ3v) is 4.10. The molecule has 0 radical (unpaired) electrons. The monoisotopic (exact) mass is 351 g/mol. The number of nitro groups is 1. The maximum absolute atomic E-state index is 12.0. The summed E-state index contributed by atoms with van der Waals surface area (Å²) < 4.78 is 0.979. The minimum atomic E-state index is -0.501. The third-order valence-electron chi connectivity index (χ3n) is 2.56. The summed E-state index contributed by atoms with van der Waals surface area (Å²) in [5, 5.41) is 10.7. The van der Waals surface area contributed by atoms with Crippen LogP contribution in [0.3, 0.4) is 0 Å². The molecule has 0 saturated heterocycles. The Kier molecular flexibility index (Phi) is 4.92. The molecular weight excluding hydrogens is 342 g/mol. The predicted molar refractivity (Wildman–Crippen MR) is 82.3 cm³/mol. The molecule has 0 saturated carbocycles. The molecule has 0 aliphatic rings. The Bertz CT molecular complexity index is 643. The predicted octanol–water partition coefficient (Wildman–Crippen LogP) is 4.33. The Balaban J connectivity index is 2.03. The van der Waals surface area contributed by atoms with Gasteiger partial charge in [-0.15, -0.1) is 11.8 Å². The molecule has 0 heterocycles. The maximum Gasteiger partial charge on any atom is 0.270 e. The Morgan fingerprint density at radius 2 is 1.90 bits per heavy atom. The highest BCUT2D eigenvalue weighted by Crippen LogP contribution is 2.22. The van der Waals surface area contributed by atoms with Gasteiger partial charge in [-0.05, 0) is 24.3 Å². The van der Waals surface area contributed by atoms with E-state index in [0.29, 0.717) is 5.56 Å². The number of nitro benzene ring substituents is 1. The fraction of sp³-hybridized carbons (Fsp3) is 0.0714. The normalized spacial score (nSPS) is 10.2. The van der Waals surface area contributed by atoms with E-state index in [-0.39, 0.29) is 17.2 Å². The van der Waals surface area contributed by atoms with Gasteiger partial charge >= 0.3 is 0 Å². The zero-order valence-corrected chi connectivity index (χ0v) is 12.7. The summed E-state index contributed by atoms with van der Waals surface area (Å²) in [6, 6.07) is 13.4. The van der Waals surface area contributed by atoms with Crippen LogP contribution in [0, 0.1) is 10.1 Å². The number of Topliss-reactive ketones (excluding diaryl/α,β-unsaturated/α-hetero) is 1. The van der Waals surface area contributed by atoms with Crippen LogP contribution in [0.4, 0.5) is 5.69 Å². The Hall–Kier alpha value is -1.66. The summed E-state index contributed by atoms with van der Waals surface area (Å²) in [7, 11) is 0. The van der Waals surface area contributed by atoms with Crippen molar-refractivity contribution in [1.29, 1.82) is 0 Å². The topological polar surface area (TPSA) is 60.2 Å². The Morgan fingerprint density at radius 1 is 1.20 bits per heavy atom. The lowest BCUT2D eigenvalue weighted by Crippen LogP contribution is -2.03. The molecule has 0 amide bonds. The van der Waals surface area contributed by atoms with E-state index < -0.39 is 4.92 Å². The minimum Gasteiger partial charge on any atom is -0.293 e. The summed E-state index contributed by atoms with van der Waals surface area (Å²) in [6.07, 6.45) is 0. The molecule has 0 aliphatic heterocycles. The van der Waals surface area contributed by atoms with Crippen LogP contribution in [0.1, 0.15) is 10.4 Å². The van der Waals surface area contributed by atoms with Crippen molar-refractivity contribution in [3.63, 3.8) is 0 Å². The summed E-state index contributed by atoms with van der Waals surface area (Å²) in [4.78, 5) is 23.2. The molecule has 2 rings (SSSR count). The average molecular weight is 352 g/mol. The van der Waals surface area contributed by atoms with Gasteiger partial charge in [-0.1, -0.05) is 28.1 Å². The van der Waals surface area contributed by atoms with E-state index in [0.717, 1.165) is 9.37 Å². The molecule has 0 N–H and O–H groups in total. The van der Waals surface area contributed by atoms with Crippen molar-refractivity contribution in [2.75, 3.05) is 5.75 Å². The van der Waals surface area contributed by atoms with Gasteiger partial charge in [0, 0.05) is 27.1 Å². The van der Waals surface area contributed by atoms with Crippen molar-refractivity contribution >= 4 is 39.2 Å². The summed E-state index contributed by atoms with van der Waals surface area (Å²) >= 11 is 4.75. The summed E-state index contributed by atoms with van der Waals surface area (Å²) in [5.74, 6) is 0.129. The van der Waals surface area contributed by atoms with E-state index in [1.807, 2.05) is 24.3 Å². The number of ketones is 1. The molecule has 0 spiro atoms. The average Bonchev–Trinajstić information content (AvgIpc) is 2.46. The van der Waals surface area contributed by atoms with Crippen LogP contribution in [0.5, 0.6) is 0 Å². The van der Waals surface area contributed by atoms with Crippen LogP contribution in [0.2, 0.25) is 0 Å². The molecule has 0 bridgehead atoms. The first-order valence-corrected chi connectivity index (χ1v) is 7.50. The van der Waals surface area contributed by atoms with E-state index in [2.05, 4.69) is 15.9 Å². The quantitative estimate of drug-likeness (QED) is 0.348. The first-order chi connectivity index (χ1) is 9.56. The molecule has 0 unspecified atom stereocenters. The van der Waals surface area contributed by atoms with Crippen molar-refractivity contribution in [3.05, 3.63) is 68.7 Å². The number of non-ortho nitro benzene ring substituents is 1. The van der Waals surface area contributed by atoms with Gasteiger partial charge in [-0.25, -0.2) is 0 Å². The van der Waals surface area contributed by atoms with E-state index in [4.69, 9.17) is 0 Å². The lowest BCUT2D eigenvalue weighted by Gasteiger charge is -2.02. The van der Waals surface area contributed by atoms with Crippen LogP contribution < -0.4 is 0 Å². The number of carbonyl (C=O) groups excluding carboxylic acids is 1. The smallest absolute Gasteiger partial charge is 0.270 e. The van der Waals surface area contributed by atoms with Crippen LogP contribution in [0.15, 0.2) is 57.9 Å². The van der Waals surface area contributed by atoms with Gasteiger partial charge in [0.2, 0.25) is 0 Å². The second-order valence-electron chi connectivity index (χ2n) is 3.97. The van der Waals surface area contributed by atoms with Gasteiger partial charge in [0.05, 0.1) is 10.7 Å². The number of nitrogens with zero attached hydrogens (tertiary/aromatic N) is 1. The van der Waals surface area contributed by atoms with Crippen molar-refractivity contribution in [1.82, 2.24) is 0 Å². The largest absolute Gasteiger partial charge is 0.293 e. The van der Waals surface area contributed by atoms with Crippen molar-refractivity contribution in [2.24, 2.45) is 0 Å². The Labute approximate surface area is 128 Å². The number of carbonyl (C=O) groups is 1. The highest BCUT2D eigenvalue weighted by Gasteiger charge is 2.11. The number of hydrogen-bond acceptors (Lipinski definition) is 4. The minimum absolute atomic E-state index is 0.0653. The summed E-state index contributed by atoms with van der Waals surface area (Å²) in [6.45, 7) is 0. The van der Waals surface area contributed by atoms with Crippen LogP contribution in [-0.2, 0) is 0 Å². The molecule has 0 aromatic heterocycles. The molecule has 4 nitrogen and oxygen atoms in total. The van der Waals surface area contributed by atoms with Gasteiger partial charge in [0.25, 0.3) is 5.69 Å². The Morgan fingerprint density at radius 3 is 2.55 bits per heavy atom. The SMILES string of the molecule is O=C(CSc1ccc(Br)cc1)c1cccc([N+](=O)[O-])c1. The number of benzene rings is 2. The van der Waals surface area contributed by atoms with E-state index in [1.54, 1.807) is 6.07 Å². The standard InChI is InChI=1S/C14H10BrNO3S/c15-11-4-6-13(7-5-11)20-9-14(17)10-2-1-3-12(8-10)16(18)19/h1-8H,9H2. The zero-order valence-electron chi connectivity index (χ0n) is 10.3. The molecular formula is C14H10BrNO3S. The second-order valence-corrected chi connectivity index (χ2v) is 5.94. The van der Waals surface area contributed by atoms with Crippen LogP contribution in [0.25, 0.3) is 0 Å². The number of halogens is 1. The second kappa shape index (κ2) is 6.67. The lowest BCUT2D eigenvalue weighted by atomic mass is 10.1. The molecule has 0 aliphatic carbocycles. The third kappa shape index (κ3) is 3.91. The van der Waals surface area contributed by atoms with Crippen molar-refractivity contribution < 1.29 is 9.72 Å². The number of rotatable bonds is 5. The van der Waals surface area contributed by atoms with Gasteiger partial charge < -0.3 is 0 Å². The highest BCUT2D eigenvalue weighted by molar-refractivity contribution is 9.10. The van der Waals surface area contributed by atoms with Gasteiger partial charge in [-0.2, -0.15) is 0 Å². The van der Waals surface area contributed by atoms with Crippen molar-refractivity contribution in [3.8, 4) is 0 Å². The molecule has 6 heteroatoms. The summed E-state index contributed by atoms with van der Waals surface area (Å²) in [5.41, 5.74) is 0.299. The van der Waals surface area contributed by atoms with Gasteiger partial charge in [-0.3, -0.25) is 14.9 Å². The molecule has 102 valence electrons. The molecule has 2 aromatic carbocycles. The zero-order chi connectivity index (χ0) is 14.5. The van der Waals surface area contributed by atoms with Gasteiger partial charge in [0.15, 0.2) is 5.78 Å². The van der Waals surface area contributed by atoms with Crippen LogP contribution >= 0.6 is 27.7 Å². The maximum atomic E-state index is 12.0. The molecule has 0 fully saturated rings. The fourth-order valence-electron chi connectivity index (χ4n) is 1.56. The highest BCUT2D eigenvalue weighted by atomic mass is 79.9. The molecule has 20 heavy (non-hydrogen) atoms. The fourth-order valence-corrected chi connectivity index (χ4v) is 2.61. The lowest BCUT2D eigenvalue weighted by molar-refractivity contribution is -0.384. The van der Waals surface area contributed by atoms with E-state index in [1.165, 1.54) is 30.0 Å². The van der Waals surface area contributed by atoms with E-state index in [9.17, 15) is 14.9 Å². The van der Waals surface area contributed by atoms with Gasteiger partial charge in [0.1, 0.15) is 0 Å². The molecule has 0 atom stereocenters.